The van der Waals surface area contributed by atoms with E-state index in [-0.39, 0.29) is 0 Å². The van der Waals surface area contributed by atoms with Crippen molar-refractivity contribution in [2.24, 2.45) is 0 Å². The van der Waals surface area contributed by atoms with E-state index in [4.69, 9.17) is 4.43 Å². The van der Waals surface area contributed by atoms with Crippen LogP contribution < -0.4 is 9.55 Å². The van der Waals surface area contributed by atoms with Crippen LogP contribution in [-0.4, -0.2) is 34.7 Å². The molecule has 2 aliphatic rings. The van der Waals surface area contributed by atoms with Gasteiger partial charge in [-0.1, -0.05) is 0 Å². The summed E-state index contributed by atoms with van der Waals surface area (Å²) in [5, 5.41) is 0. The Labute approximate surface area is 68.4 Å². The monoisotopic (exact) mass is 174 g/mol. The molecule has 2 heterocycles. The molecular formula is C7H18N2OSi. The van der Waals surface area contributed by atoms with Crippen LogP contribution in [0.3, 0.4) is 0 Å². The molecule has 2 aliphatic heterocycles. The van der Waals surface area contributed by atoms with Gasteiger partial charge >= 0.3 is 67.6 Å². The first-order valence-electron chi connectivity index (χ1n) is 4.53. The van der Waals surface area contributed by atoms with Gasteiger partial charge < -0.3 is 0 Å². The zero-order valence-corrected chi connectivity index (χ0v) is 8.44. The molecule has 0 aromatic carbocycles. The van der Waals surface area contributed by atoms with Gasteiger partial charge in [-0.05, 0) is 0 Å². The molecular weight excluding hydrogens is 156 g/mol. The van der Waals surface area contributed by atoms with E-state index in [2.05, 4.69) is 11.5 Å². The molecule has 2 fully saturated rings. The van der Waals surface area contributed by atoms with Crippen molar-refractivity contribution in [2.75, 3.05) is 26.7 Å². The van der Waals surface area contributed by atoms with Gasteiger partial charge in [-0.15, -0.1) is 0 Å². The summed E-state index contributed by atoms with van der Waals surface area (Å²) >= 11 is 0. The first kappa shape index (κ1) is 7.73. The summed E-state index contributed by atoms with van der Waals surface area (Å²) in [6.45, 7) is 6.12. The molecule has 2 rings (SSSR count). The first-order valence-corrected chi connectivity index (χ1v) is 7.64. The molecule has 0 amide bonds. The van der Waals surface area contributed by atoms with Crippen LogP contribution in [-0.2, 0) is 4.43 Å². The van der Waals surface area contributed by atoms with E-state index in [0.29, 0.717) is 0 Å². The third-order valence-corrected chi connectivity index (χ3v) is 9.94. The fourth-order valence-electron chi connectivity index (χ4n) is 2.76. The summed E-state index contributed by atoms with van der Waals surface area (Å²) in [6.07, 6.45) is 1.35. The maximum absolute atomic E-state index is 5.81. The second-order valence-electron chi connectivity index (χ2n) is 4.22. The molecule has 0 aromatic rings. The molecule has 1 atom stereocenters. The number of rotatable bonds is 1. The van der Waals surface area contributed by atoms with E-state index in [1.807, 2.05) is 7.11 Å². The third-order valence-electron chi connectivity index (χ3n) is 3.75. The van der Waals surface area contributed by atoms with E-state index in [9.17, 15) is 0 Å². The molecule has 0 aliphatic carbocycles. The van der Waals surface area contributed by atoms with Crippen molar-refractivity contribution < 1.29 is 8.99 Å². The second kappa shape index (κ2) is 2.07. The number of quaternary nitrogens is 1. The fraction of sp³-hybridized carbons (Fsp3) is 1.00. The van der Waals surface area contributed by atoms with Gasteiger partial charge in [0, 0.05) is 0 Å². The number of hydrogen-bond donors (Lipinski definition) is 2. The Balaban J connectivity index is 2.33. The maximum atomic E-state index is 5.81. The quantitative estimate of drug-likeness (QED) is 0.501. The van der Waals surface area contributed by atoms with E-state index in [0.717, 1.165) is 6.54 Å². The average Bonchev–Trinajstić information content (AvgIpc) is 2.44. The Morgan fingerprint density at radius 3 is 2.91 bits per heavy atom. The van der Waals surface area contributed by atoms with Crippen LogP contribution in [0, 0.1) is 0 Å². The molecule has 2 N–H and O–H groups in total. The Hall–Kier alpha value is 0.0969. The molecule has 2 saturated heterocycles. The topological polar surface area (TPSA) is 25.7 Å². The average molecular weight is 174 g/mol. The SMILES string of the molecule is CO[Si-]12(C)CCC[NH+]1CCN2. The van der Waals surface area contributed by atoms with Crippen LogP contribution in [0.5, 0.6) is 0 Å². The normalized spacial score (nSPS) is 42.7. The van der Waals surface area contributed by atoms with Crippen molar-refractivity contribution >= 4 is 7.92 Å². The van der Waals surface area contributed by atoms with Gasteiger partial charge in [0.25, 0.3) is 0 Å². The number of nitrogens with one attached hydrogen (secondary N) is 2. The Kier molecular flexibility index (Phi) is 1.45. The van der Waals surface area contributed by atoms with E-state index in [1.165, 1.54) is 25.6 Å². The van der Waals surface area contributed by atoms with Crippen LogP contribution in [0.25, 0.3) is 0 Å². The van der Waals surface area contributed by atoms with Gasteiger partial charge in [0.15, 0.2) is 0 Å². The molecule has 0 saturated carbocycles. The fourth-order valence-corrected chi connectivity index (χ4v) is 7.59. The van der Waals surface area contributed by atoms with Crippen molar-refractivity contribution in [1.82, 2.24) is 4.98 Å². The van der Waals surface area contributed by atoms with Crippen LogP contribution >= 0.6 is 0 Å². The van der Waals surface area contributed by atoms with Gasteiger partial charge in [0.2, 0.25) is 0 Å². The molecule has 11 heavy (non-hydrogen) atoms. The van der Waals surface area contributed by atoms with E-state index in [1.54, 1.807) is 4.57 Å². The van der Waals surface area contributed by atoms with E-state index < -0.39 is 7.92 Å². The summed E-state index contributed by atoms with van der Waals surface area (Å²) in [4.78, 5) is 3.65. The Morgan fingerprint density at radius 2 is 2.27 bits per heavy atom. The van der Waals surface area contributed by atoms with Gasteiger partial charge in [0.05, 0.1) is 0 Å². The zero-order chi connectivity index (χ0) is 7.97. The summed E-state index contributed by atoms with van der Waals surface area (Å²) in [6, 6.07) is 1.30. The van der Waals surface area contributed by atoms with Crippen molar-refractivity contribution in [1.29, 1.82) is 0 Å². The van der Waals surface area contributed by atoms with Gasteiger partial charge in [-0.3, -0.25) is 0 Å². The molecule has 66 valence electrons. The Morgan fingerprint density at radius 1 is 1.45 bits per heavy atom. The summed E-state index contributed by atoms with van der Waals surface area (Å²) in [5.41, 5.74) is 0. The Bertz CT molecular complexity index is 175. The second-order valence-corrected chi connectivity index (χ2v) is 9.96. The first-order chi connectivity index (χ1) is 5.18. The van der Waals surface area contributed by atoms with Crippen molar-refractivity contribution in [3.8, 4) is 0 Å². The third kappa shape index (κ3) is 0.839. The molecule has 0 spiro atoms. The van der Waals surface area contributed by atoms with Gasteiger partial charge in [0.1, 0.15) is 0 Å². The molecule has 4 heteroatoms. The summed E-state index contributed by atoms with van der Waals surface area (Å²) in [7, 11) is -0.236. The van der Waals surface area contributed by atoms with Crippen LogP contribution in [0.1, 0.15) is 6.42 Å². The molecule has 3 nitrogen and oxygen atoms in total. The molecule has 0 radical (unpaired) electrons. The van der Waals surface area contributed by atoms with Crippen molar-refractivity contribution in [3.05, 3.63) is 0 Å². The van der Waals surface area contributed by atoms with Crippen molar-refractivity contribution in [3.63, 3.8) is 0 Å². The van der Waals surface area contributed by atoms with Crippen LogP contribution in [0.4, 0.5) is 0 Å². The molecule has 0 aromatic heterocycles. The standard InChI is InChI=1S/C7H18N2OSi/c1-10-11(2)7-3-5-9(11)6-4-8-11/h8-9H,3-7H2,1-2H3. The number of hydrogen-bond acceptors (Lipinski definition) is 2. The van der Waals surface area contributed by atoms with Crippen LogP contribution in [0.15, 0.2) is 0 Å². The molecule has 1 unspecified atom stereocenters. The summed E-state index contributed by atoms with van der Waals surface area (Å²) < 4.78 is 7.54. The summed E-state index contributed by atoms with van der Waals surface area (Å²) in [5.74, 6) is 0. The predicted octanol–water partition coefficient (Wildman–Crippen LogP) is -0.953. The van der Waals surface area contributed by atoms with E-state index >= 15 is 0 Å². The number of fused-ring (bicyclic) bond motifs is 1. The van der Waals surface area contributed by atoms with Gasteiger partial charge in [-0.25, -0.2) is 0 Å². The zero-order valence-electron chi connectivity index (χ0n) is 7.44. The van der Waals surface area contributed by atoms with Crippen LogP contribution in [0.2, 0.25) is 12.6 Å². The van der Waals surface area contributed by atoms with Gasteiger partial charge in [-0.2, -0.15) is 0 Å². The van der Waals surface area contributed by atoms with Crippen molar-refractivity contribution in [2.45, 2.75) is 19.0 Å². The minimum absolute atomic E-state index is 1.16. The minimum atomic E-state index is -2.12. The molecule has 0 bridgehead atoms. The predicted molar refractivity (Wildman–Crippen MR) is 46.8 cm³/mol.